The first-order chi connectivity index (χ1) is 20.7. The highest BCUT2D eigenvalue weighted by atomic mass is 32.2. The third-order valence-electron chi connectivity index (χ3n) is 7.56. The zero-order valence-electron chi connectivity index (χ0n) is 23.9. The predicted molar refractivity (Wildman–Crippen MR) is 161 cm³/mol. The van der Waals surface area contributed by atoms with Gasteiger partial charge in [0.25, 0.3) is 0 Å². The molecule has 0 radical (unpaired) electrons. The Labute approximate surface area is 251 Å². The molecule has 5 rings (SSSR count). The van der Waals surface area contributed by atoms with Crippen LogP contribution in [0.25, 0.3) is 0 Å². The van der Waals surface area contributed by atoms with Crippen LogP contribution in [-0.2, 0) is 29.1 Å². The molecule has 0 aromatic heterocycles. The normalized spacial score (nSPS) is 21.7. The average Bonchev–Trinajstić information content (AvgIpc) is 3.33. The molecule has 1 unspecified atom stereocenters. The molecule has 1 fully saturated rings. The van der Waals surface area contributed by atoms with Gasteiger partial charge in [-0.2, -0.15) is 4.31 Å². The van der Waals surface area contributed by atoms with E-state index >= 15 is 0 Å². The van der Waals surface area contributed by atoms with Crippen molar-refractivity contribution in [2.75, 3.05) is 71.4 Å². The van der Waals surface area contributed by atoms with Gasteiger partial charge in [-0.05, 0) is 30.3 Å². The fraction of sp³-hybridized carbons (Fsp3) is 0.400. The molecule has 0 saturated carbocycles. The number of nitrogens with one attached hydrogen (secondary N) is 2. The molecule has 1 atom stereocenters. The summed E-state index contributed by atoms with van der Waals surface area (Å²) in [5, 5.41) is 5.60. The van der Waals surface area contributed by atoms with Crippen LogP contribution in [0.1, 0.15) is 23.5 Å². The number of morpholine rings is 1. The molecule has 1 saturated heterocycles. The van der Waals surface area contributed by atoms with Crippen LogP contribution in [0.2, 0.25) is 0 Å². The number of anilines is 1. The number of sulfonamides is 1. The van der Waals surface area contributed by atoms with Gasteiger partial charge in [0.05, 0.1) is 36.9 Å². The van der Waals surface area contributed by atoms with Gasteiger partial charge in [-0.25, -0.2) is 8.42 Å². The molecule has 2 N–H and O–H groups in total. The maximum Gasteiger partial charge on any atom is 0.243 e. The number of amides is 3. The zero-order valence-corrected chi connectivity index (χ0v) is 24.7. The molecule has 43 heavy (non-hydrogen) atoms. The molecular weight excluding hydrogens is 572 g/mol. The fourth-order valence-corrected chi connectivity index (χ4v) is 6.26. The van der Waals surface area contributed by atoms with Crippen molar-refractivity contribution in [2.24, 2.45) is 4.99 Å². The molecule has 3 amide bonds. The lowest BCUT2D eigenvalue weighted by Crippen LogP contribution is -2.47. The Kier molecular flexibility index (Phi) is 9.52. The van der Waals surface area contributed by atoms with E-state index in [-0.39, 0.29) is 36.2 Å². The van der Waals surface area contributed by atoms with Crippen molar-refractivity contribution in [3.8, 4) is 11.8 Å². The van der Waals surface area contributed by atoms with Crippen LogP contribution in [0, 0.1) is 11.8 Å². The molecule has 0 spiro atoms. The van der Waals surface area contributed by atoms with Crippen LogP contribution in [-0.4, -0.2) is 113 Å². The highest BCUT2D eigenvalue weighted by molar-refractivity contribution is 7.89. The van der Waals surface area contributed by atoms with E-state index in [2.05, 4.69) is 32.4 Å². The second-order valence-electron chi connectivity index (χ2n) is 10.4. The number of rotatable bonds is 3. The predicted octanol–water partition coefficient (Wildman–Crippen LogP) is 0.778. The van der Waals surface area contributed by atoms with Gasteiger partial charge in [-0.15, -0.1) is 0 Å². The Morgan fingerprint density at radius 2 is 1.84 bits per heavy atom. The monoisotopic (exact) mass is 606 g/mol. The van der Waals surface area contributed by atoms with E-state index in [9.17, 15) is 22.8 Å². The Bertz CT molecular complexity index is 1590. The molecule has 3 aliphatic rings. The molecule has 12 nitrogen and oxygen atoms in total. The Morgan fingerprint density at radius 3 is 2.65 bits per heavy atom. The van der Waals surface area contributed by atoms with E-state index in [4.69, 9.17) is 4.74 Å². The Balaban J connectivity index is 1.44. The topological polar surface area (TPSA) is 141 Å². The summed E-state index contributed by atoms with van der Waals surface area (Å²) in [5.41, 5.74) is 2.25. The smallest absolute Gasteiger partial charge is 0.243 e. The lowest BCUT2D eigenvalue weighted by molar-refractivity contribution is -0.132. The zero-order chi connectivity index (χ0) is 30.4. The first-order valence-corrected chi connectivity index (χ1v) is 15.5. The van der Waals surface area contributed by atoms with Gasteiger partial charge in [0, 0.05) is 69.2 Å². The van der Waals surface area contributed by atoms with Crippen molar-refractivity contribution in [1.29, 1.82) is 0 Å². The number of likely N-dealkylation sites (N-methyl/N-ethyl adjacent to an activating group) is 1. The summed E-state index contributed by atoms with van der Waals surface area (Å²) in [5.74, 6) is 4.30. The van der Waals surface area contributed by atoms with Gasteiger partial charge in [-0.1, -0.05) is 24.0 Å². The van der Waals surface area contributed by atoms with Gasteiger partial charge < -0.3 is 20.3 Å². The minimum Gasteiger partial charge on any atom is -0.379 e. The number of carbonyl (C=O) groups excluding carboxylic acids is 3. The van der Waals surface area contributed by atoms with Crippen LogP contribution in [0.5, 0.6) is 0 Å². The van der Waals surface area contributed by atoms with Gasteiger partial charge in [0.1, 0.15) is 5.92 Å². The number of ether oxygens (including phenoxy) is 1. The second kappa shape index (κ2) is 13.5. The van der Waals surface area contributed by atoms with Gasteiger partial charge >= 0.3 is 0 Å². The highest BCUT2D eigenvalue weighted by Gasteiger charge is 2.31. The Morgan fingerprint density at radius 1 is 1.05 bits per heavy atom. The van der Waals surface area contributed by atoms with Gasteiger partial charge in [-0.3, -0.25) is 24.3 Å². The average molecular weight is 607 g/mol. The number of hydrogen-bond acceptors (Lipinski definition) is 8. The summed E-state index contributed by atoms with van der Waals surface area (Å²) >= 11 is 0. The minimum atomic E-state index is -4.05. The SMILES string of the molecule is CN1CC(=O)N(CCN2CCOCC2)CCC(=O)NCC#Cc2cccc3c2C(C=Nc2cccc(c2)S1(=O)=O)C(=O)N3. The molecule has 2 aromatic carbocycles. The van der Waals surface area contributed by atoms with Crippen molar-refractivity contribution >= 4 is 45.3 Å². The van der Waals surface area contributed by atoms with E-state index in [1.165, 1.54) is 30.3 Å². The summed E-state index contributed by atoms with van der Waals surface area (Å²) in [4.78, 5) is 46.9. The molecule has 13 heteroatoms. The number of benzene rings is 2. The number of fused-ring (bicyclic) bond motifs is 2. The number of hydrogen-bond donors (Lipinski definition) is 2. The molecule has 0 aliphatic carbocycles. The highest BCUT2D eigenvalue weighted by Crippen LogP contribution is 2.34. The fourth-order valence-electron chi connectivity index (χ4n) is 5.10. The maximum atomic E-state index is 13.5. The van der Waals surface area contributed by atoms with Crippen LogP contribution in [0.3, 0.4) is 0 Å². The number of nitrogens with zero attached hydrogens (tertiary/aromatic N) is 4. The molecule has 2 bridgehead atoms. The van der Waals surface area contributed by atoms with Crippen molar-refractivity contribution < 1.29 is 27.5 Å². The first kappa shape index (κ1) is 30.4. The first-order valence-electron chi connectivity index (χ1n) is 14.1. The lowest BCUT2D eigenvalue weighted by Gasteiger charge is -2.30. The summed E-state index contributed by atoms with van der Waals surface area (Å²) < 4.78 is 33.3. The molecule has 2 aromatic rings. The van der Waals surface area contributed by atoms with Crippen LogP contribution >= 0.6 is 0 Å². The van der Waals surface area contributed by atoms with Gasteiger partial charge in [0.15, 0.2) is 0 Å². The Hall–Kier alpha value is -4.09. The number of aliphatic imine (C=N–C) groups is 1. The van der Waals surface area contributed by atoms with Crippen molar-refractivity contribution in [2.45, 2.75) is 17.2 Å². The summed E-state index contributed by atoms with van der Waals surface area (Å²) in [6, 6.07) is 11.4. The van der Waals surface area contributed by atoms with Crippen LogP contribution in [0.15, 0.2) is 52.4 Å². The second-order valence-corrected chi connectivity index (χ2v) is 12.5. The van der Waals surface area contributed by atoms with Crippen LogP contribution in [0.4, 0.5) is 11.4 Å². The third kappa shape index (κ3) is 7.29. The van der Waals surface area contributed by atoms with Crippen molar-refractivity contribution in [1.82, 2.24) is 19.4 Å². The lowest BCUT2D eigenvalue weighted by atomic mass is 9.96. The van der Waals surface area contributed by atoms with Gasteiger partial charge in [0.2, 0.25) is 27.7 Å². The van der Waals surface area contributed by atoms with E-state index in [0.717, 1.165) is 17.4 Å². The van der Waals surface area contributed by atoms with E-state index < -0.39 is 28.4 Å². The molecular formula is C30H34N6O6S. The summed E-state index contributed by atoms with van der Waals surface area (Å²) in [6.45, 7) is 3.44. The summed E-state index contributed by atoms with van der Waals surface area (Å²) in [6.07, 6.45) is 1.50. The largest absolute Gasteiger partial charge is 0.379 e. The van der Waals surface area contributed by atoms with E-state index in [1.54, 1.807) is 30.3 Å². The minimum absolute atomic E-state index is 0.0334. The van der Waals surface area contributed by atoms with E-state index in [1.807, 2.05) is 0 Å². The van der Waals surface area contributed by atoms with Crippen LogP contribution < -0.4 is 10.6 Å². The standard InChI is InChI=1S/C30H34N6O6S/c1-34-21-28(38)36(14-13-35-15-17-42-18-16-35)12-10-27(37)31-11-4-6-22-5-2-9-26-29(22)25(30(39)33-26)20-32-23-7-3-8-24(19-23)43(34,40)41/h2-3,5,7-9,19-20,25H,10-18,21H2,1H3,(H,31,37)(H,33,39). The molecule has 226 valence electrons. The quantitative estimate of drug-likeness (QED) is 0.492. The van der Waals surface area contributed by atoms with Crippen molar-refractivity contribution in [3.05, 3.63) is 53.6 Å². The third-order valence-corrected chi connectivity index (χ3v) is 9.36. The number of carbonyl (C=O) groups is 3. The van der Waals surface area contributed by atoms with Crippen molar-refractivity contribution in [3.63, 3.8) is 0 Å². The maximum absolute atomic E-state index is 13.5. The molecule has 3 heterocycles. The molecule has 3 aliphatic heterocycles. The summed E-state index contributed by atoms with van der Waals surface area (Å²) in [7, 11) is -2.70. The van der Waals surface area contributed by atoms with E-state index in [0.29, 0.717) is 48.8 Å².